The first-order valence-electron chi connectivity index (χ1n) is 26.1. The number of amides is 6. The van der Waals surface area contributed by atoms with Gasteiger partial charge >= 0.3 is 6.03 Å². The lowest BCUT2D eigenvalue weighted by molar-refractivity contribution is -0.246. The molecule has 0 radical (unpaired) electrons. The summed E-state index contributed by atoms with van der Waals surface area (Å²) in [6.45, 7) is 9.82. The predicted molar refractivity (Wildman–Crippen MR) is 285 cm³/mol. The van der Waals surface area contributed by atoms with E-state index < -0.39 is 76.7 Å². The third-order valence-corrected chi connectivity index (χ3v) is 13.4. The van der Waals surface area contributed by atoms with E-state index in [4.69, 9.17) is 34.2 Å². The van der Waals surface area contributed by atoms with Crippen LogP contribution >= 0.6 is 0 Å². The number of hydrogen-bond donors (Lipinski definition) is 11. The molecule has 2 aliphatic carbocycles. The summed E-state index contributed by atoms with van der Waals surface area (Å²) in [7, 11) is 6.24. The number of carbonyl (C=O) groups excluding carboxylic acids is 7. The molecule has 12 N–H and O–H groups in total. The number of fused-ring (bicyclic) bond motifs is 6. The number of phenols is 2. The standard InChI is InChI=1S/C23H22N2O9.C17H27N5O4.C11H19NO4.C3H8/c1-34-13-4-2-3-10-15(13)21(31)17-16(18(10)28)19(29)11-7-23(33,8-12(27)14(11)20(17)30)22(32)25-6-5-24-9-26;1-19-10-15(23)22-14(4-3-9-20-17(18)25)16(24)21-13-7-5-12(6-8-13)11-26-2;1-7-9-8(3-5-14-7)12-4-6-15-11(13-2)10(12)16-9;1-3-2/h2-4,9,12,27,29-30,33H,5-8H2,1H3,(H,24,26)(H,25,32);5-8,14,19H,3-4,9-11H2,1-2H3,(H,21,24)(H,22,23)(H3,18,20,25);7-11H,3-6H2,1-2H3;3H2,1-2H3/t12?,23-;;7?,8?,9?,10-,11?;/m1.1./s1. The van der Waals surface area contributed by atoms with Crippen LogP contribution in [-0.2, 0) is 55.9 Å². The SMILES string of the molecule is CCC.CNCC(=O)NC(CCCNC(N)=O)C(=O)Nc1ccc(COC)cc1.COC1OCCN2C3CCOC(C)C3O[C@H]12.COc1cccc2c1C(=O)c1c(O)c3c(c(O)c1C2=O)C[C@](O)(C(=O)NCCNC=O)CC3O. The van der Waals surface area contributed by atoms with E-state index in [2.05, 4.69) is 57.6 Å². The van der Waals surface area contributed by atoms with Crippen molar-refractivity contribution in [2.75, 3.05) is 79.6 Å². The van der Waals surface area contributed by atoms with Gasteiger partial charge in [0, 0.05) is 88.3 Å². The average Bonchev–Trinajstić information content (AvgIpc) is 3.93. The molecule has 3 fully saturated rings. The van der Waals surface area contributed by atoms with Gasteiger partial charge in [-0.2, -0.15) is 0 Å². The zero-order chi connectivity index (χ0) is 58.0. The van der Waals surface area contributed by atoms with Gasteiger partial charge in [0.25, 0.3) is 5.91 Å². The highest BCUT2D eigenvalue weighted by atomic mass is 16.7. The Morgan fingerprint density at radius 2 is 1.65 bits per heavy atom. The first kappa shape index (κ1) is 63.0. The summed E-state index contributed by atoms with van der Waals surface area (Å²) < 4.78 is 32.8. The number of hydrogen-bond acceptors (Lipinski definition) is 19. The zero-order valence-corrected chi connectivity index (χ0v) is 45.7. The van der Waals surface area contributed by atoms with Crippen LogP contribution in [0.5, 0.6) is 17.2 Å². The Hall–Kier alpha value is -6.81. The fourth-order valence-corrected chi connectivity index (χ4v) is 9.85. The van der Waals surface area contributed by atoms with Crippen LogP contribution in [-0.4, -0.2) is 184 Å². The van der Waals surface area contributed by atoms with Crippen molar-refractivity contribution in [3.8, 4) is 17.2 Å². The van der Waals surface area contributed by atoms with E-state index >= 15 is 0 Å². The smallest absolute Gasteiger partial charge is 0.312 e. The first-order valence-corrected chi connectivity index (χ1v) is 26.1. The molecule has 0 aromatic heterocycles. The van der Waals surface area contributed by atoms with Crippen LogP contribution in [0.2, 0.25) is 0 Å². The van der Waals surface area contributed by atoms with Crippen LogP contribution in [0.1, 0.15) is 108 Å². The van der Waals surface area contributed by atoms with Crippen LogP contribution < -0.4 is 42.4 Å². The highest BCUT2D eigenvalue weighted by Gasteiger charge is 2.52. The van der Waals surface area contributed by atoms with Crippen molar-refractivity contribution in [3.63, 3.8) is 0 Å². The Morgan fingerprint density at radius 3 is 2.29 bits per heavy atom. The van der Waals surface area contributed by atoms with Gasteiger partial charge in [-0.1, -0.05) is 44.5 Å². The number of nitrogens with two attached hydrogens (primary N) is 1. The van der Waals surface area contributed by atoms with Gasteiger partial charge in [0.15, 0.2) is 18.3 Å². The number of likely N-dealkylation sites (N-methyl/N-ethyl adjacent to an activating group) is 1. The van der Waals surface area contributed by atoms with Crippen molar-refractivity contribution in [1.29, 1.82) is 0 Å². The summed E-state index contributed by atoms with van der Waals surface area (Å²) in [5, 5.41) is 59.0. The molecule has 434 valence electrons. The van der Waals surface area contributed by atoms with Gasteiger partial charge in [0.05, 0.1) is 55.8 Å². The maximum atomic E-state index is 13.3. The van der Waals surface area contributed by atoms with Crippen molar-refractivity contribution < 1.29 is 82.4 Å². The molecule has 6 unspecified atom stereocenters. The van der Waals surface area contributed by atoms with E-state index in [1.54, 1.807) is 33.4 Å². The zero-order valence-electron chi connectivity index (χ0n) is 45.7. The third kappa shape index (κ3) is 15.5. The number of carbonyl (C=O) groups is 7. The first-order chi connectivity index (χ1) is 37.8. The van der Waals surface area contributed by atoms with E-state index in [1.165, 1.54) is 31.7 Å². The number of benzene rings is 3. The lowest BCUT2D eigenvalue weighted by Crippen LogP contribution is -2.53. The Kier molecular flexibility index (Phi) is 23.9. The topological polar surface area (TPSA) is 357 Å². The van der Waals surface area contributed by atoms with E-state index in [0.717, 1.165) is 31.7 Å². The summed E-state index contributed by atoms with van der Waals surface area (Å²) >= 11 is 0. The summed E-state index contributed by atoms with van der Waals surface area (Å²) in [5.74, 6) is -4.32. The van der Waals surface area contributed by atoms with Crippen LogP contribution in [0, 0.1) is 0 Å². The molecule has 3 aromatic carbocycles. The molecular weight excluding hydrogens is 1030 g/mol. The quantitative estimate of drug-likeness (QED) is 0.0376. The monoisotopic (exact) mass is 1110 g/mol. The normalized spacial score (nSPS) is 22.7. The number of anilines is 1. The molecule has 0 saturated carbocycles. The third-order valence-electron chi connectivity index (χ3n) is 13.4. The lowest BCUT2D eigenvalue weighted by Gasteiger charge is -2.37. The number of aliphatic hydroxyl groups is 2. The number of ether oxygens (including phenoxy) is 6. The number of morpholine rings is 1. The maximum Gasteiger partial charge on any atom is 0.312 e. The minimum atomic E-state index is -2.19. The molecule has 3 heterocycles. The van der Waals surface area contributed by atoms with Gasteiger partial charge in [-0.3, -0.25) is 33.7 Å². The molecule has 8 atom stereocenters. The minimum absolute atomic E-state index is 0.00411. The van der Waals surface area contributed by atoms with Gasteiger partial charge in [0.2, 0.25) is 24.0 Å². The number of rotatable bonds is 18. The van der Waals surface area contributed by atoms with E-state index in [9.17, 15) is 54.0 Å². The van der Waals surface area contributed by atoms with Crippen molar-refractivity contribution in [2.45, 2.75) is 114 Å². The highest BCUT2D eigenvalue weighted by molar-refractivity contribution is 6.31. The molecule has 3 saturated heterocycles. The second kappa shape index (κ2) is 30.0. The summed E-state index contributed by atoms with van der Waals surface area (Å²) in [4.78, 5) is 86.8. The Balaban J connectivity index is 0.000000225. The van der Waals surface area contributed by atoms with Gasteiger partial charge < -0.3 is 86.5 Å². The van der Waals surface area contributed by atoms with Crippen LogP contribution in [0.3, 0.4) is 0 Å². The molecule has 0 spiro atoms. The molecule has 3 aromatic rings. The van der Waals surface area contributed by atoms with E-state index in [1.807, 2.05) is 12.1 Å². The summed E-state index contributed by atoms with van der Waals surface area (Å²) in [6, 6.07) is 10.7. The number of phenolic OH excluding ortho intramolecular Hbond substituents is 2. The number of aliphatic hydroxyl groups excluding tert-OH is 1. The number of nitrogens with zero attached hydrogens (tertiary/aromatic N) is 1. The summed E-state index contributed by atoms with van der Waals surface area (Å²) in [5.41, 5.74) is 2.90. The molecular formula is C54H76N8O17. The van der Waals surface area contributed by atoms with E-state index in [0.29, 0.717) is 44.1 Å². The van der Waals surface area contributed by atoms with Gasteiger partial charge in [0.1, 0.15) is 35.0 Å². The highest BCUT2D eigenvalue weighted by Crippen LogP contribution is 2.51. The second-order valence-corrected chi connectivity index (χ2v) is 19.2. The molecule has 0 bridgehead atoms. The number of nitrogens with one attached hydrogen (secondary N) is 6. The second-order valence-electron chi connectivity index (χ2n) is 19.2. The largest absolute Gasteiger partial charge is 0.507 e. The average molecular weight is 1110 g/mol. The molecule has 6 amide bonds. The molecule has 79 heavy (non-hydrogen) atoms. The molecule has 8 rings (SSSR count). The minimum Gasteiger partial charge on any atom is -0.507 e. The van der Waals surface area contributed by atoms with Gasteiger partial charge in [-0.05, 0) is 57.0 Å². The van der Waals surface area contributed by atoms with Crippen LogP contribution in [0.15, 0.2) is 42.5 Å². The number of primary amides is 1. The lowest BCUT2D eigenvalue weighted by atomic mass is 9.72. The number of ketones is 2. The van der Waals surface area contributed by atoms with Crippen molar-refractivity contribution >= 4 is 47.4 Å². The number of aromatic hydroxyl groups is 2. The summed E-state index contributed by atoms with van der Waals surface area (Å²) in [6.07, 6.45) is 0.901. The maximum absolute atomic E-state index is 13.3. The molecule has 25 heteroatoms. The molecule has 5 aliphatic rings. The van der Waals surface area contributed by atoms with Crippen LogP contribution in [0.4, 0.5) is 10.5 Å². The predicted octanol–water partition coefficient (Wildman–Crippen LogP) is 0.989. The van der Waals surface area contributed by atoms with Crippen molar-refractivity contribution in [2.24, 2.45) is 5.73 Å². The van der Waals surface area contributed by atoms with E-state index in [-0.39, 0.29) is 84.2 Å². The van der Waals surface area contributed by atoms with Gasteiger partial charge in [-0.15, -0.1) is 0 Å². The fourth-order valence-electron chi connectivity index (χ4n) is 9.85. The van der Waals surface area contributed by atoms with Crippen molar-refractivity contribution in [3.05, 3.63) is 81.4 Å². The Bertz CT molecular complexity index is 2610. The fraction of sp³-hybridized carbons (Fsp3) is 0.537. The Labute approximate surface area is 458 Å². The van der Waals surface area contributed by atoms with Gasteiger partial charge in [-0.25, -0.2) is 4.79 Å². The molecule has 25 nitrogen and oxygen atoms in total. The van der Waals surface area contributed by atoms with Crippen LogP contribution in [0.25, 0.3) is 0 Å². The van der Waals surface area contributed by atoms with Crippen molar-refractivity contribution in [1.82, 2.24) is 31.5 Å². The number of urea groups is 1. The number of methoxy groups -OCH3 is 3. The Morgan fingerprint density at radius 1 is 0.937 bits per heavy atom. The molecule has 3 aliphatic heterocycles.